The summed E-state index contributed by atoms with van der Waals surface area (Å²) in [7, 11) is 0. The average molecular weight is 367 g/mol. The zero-order valence-electron chi connectivity index (χ0n) is 13.4. The molecule has 24 heavy (non-hydrogen) atoms. The Morgan fingerprint density at radius 3 is 2.58 bits per heavy atom. The first-order valence-corrected chi connectivity index (χ1v) is 8.79. The summed E-state index contributed by atoms with van der Waals surface area (Å²) in [5.41, 5.74) is 1.18. The van der Waals surface area contributed by atoms with Gasteiger partial charge in [0.1, 0.15) is 6.54 Å². The van der Waals surface area contributed by atoms with E-state index in [1.54, 1.807) is 10.9 Å². The van der Waals surface area contributed by atoms with Crippen LogP contribution in [0.5, 0.6) is 0 Å². The third kappa shape index (κ3) is 4.50. The molecule has 1 aromatic heterocycles. The third-order valence-electron chi connectivity index (χ3n) is 4.28. The minimum Gasteiger partial charge on any atom is -0.339 e. The van der Waals surface area contributed by atoms with Crippen molar-refractivity contribution in [2.24, 2.45) is 0 Å². The van der Waals surface area contributed by atoms with Gasteiger partial charge >= 0.3 is 0 Å². The molecule has 2 aromatic rings. The number of benzene rings is 1. The molecule has 0 N–H and O–H groups in total. The molecular weight excluding hydrogens is 347 g/mol. The molecule has 0 unspecified atom stereocenters. The highest BCUT2D eigenvalue weighted by atomic mass is 35.5. The van der Waals surface area contributed by atoms with Crippen molar-refractivity contribution >= 4 is 29.1 Å². The molecule has 1 fully saturated rings. The molecule has 3 rings (SSSR count). The zero-order chi connectivity index (χ0) is 16.9. The maximum atomic E-state index is 12.2. The number of amides is 1. The van der Waals surface area contributed by atoms with Crippen LogP contribution in [0.4, 0.5) is 0 Å². The van der Waals surface area contributed by atoms with Crippen LogP contribution in [0, 0.1) is 0 Å². The van der Waals surface area contributed by atoms with E-state index in [2.05, 4.69) is 10.00 Å². The number of carbonyl (C=O) groups is 1. The fourth-order valence-corrected chi connectivity index (χ4v) is 3.16. The van der Waals surface area contributed by atoms with Gasteiger partial charge in [-0.3, -0.25) is 14.4 Å². The van der Waals surface area contributed by atoms with E-state index >= 15 is 0 Å². The van der Waals surface area contributed by atoms with Crippen LogP contribution in [0.15, 0.2) is 36.7 Å². The van der Waals surface area contributed by atoms with E-state index in [-0.39, 0.29) is 5.91 Å². The molecule has 1 aliphatic heterocycles. The monoisotopic (exact) mass is 366 g/mol. The van der Waals surface area contributed by atoms with E-state index < -0.39 is 0 Å². The van der Waals surface area contributed by atoms with E-state index in [0.29, 0.717) is 16.6 Å². The molecule has 0 atom stereocenters. The lowest BCUT2D eigenvalue weighted by molar-refractivity contribution is -0.133. The van der Waals surface area contributed by atoms with Crippen molar-refractivity contribution in [1.29, 1.82) is 0 Å². The van der Waals surface area contributed by atoms with Crippen LogP contribution in [0.25, 0.3) is 0 Å². The van der Waals surface area contributed by atoms with Crippen molar-refractivity contribution in [3.05, 3.63) is 52.3 Å². The molecule has 0 radical (unpaired) electrons. The molecule has 128 valence electrons. The highest BCUT2D eigenvalue weighted by molar-refractivity contribution is 6.42. The lowest BCUT2D eigenvalue weighted by atomic mass is 10.1. The molecule has 7 heteroatoms. The van der Waals surface area contributed by atoms with Gasteiger partial charge in [0, 0.05) is 45.1 Å². The molecule has 1 amide bonds. The summed E-state index contributed by atoms with van der Waals surface area (Å²) in [4.78, 5) is 16.5. The highest BCUT2D eigenvalue weighted by Gasteiger charge is 2.21. The molecule has 1 aliphatic rings. The van der Waals surface area contributed by atoms with Crippen molar-refractivity contribution < 1.29 is 4.79 Å². The first-order valence-electron chi connectivity index (χ1n) is 8.03. The molecule has 0 spiro atoms. The number of rotatable bonds is 5. The number of piperazine rings is 1. The normalized spacial score (nSPS) is 15.7. The predicted molar refractivity (Wildman–Crippen MR) is 95.4 cm³/mol. The molecule has 1 saturated heterocycles. The Bertz CT molecular complexity index is 682. The van der Waals surface area contributed by atoms with Gasteiger partial charge in [-0.05, 0) is 30.2 Å². The molecule has 0 saturated carbocycles. The number of nitrogens with zero attached hydrogens (tertiary/aromatic N) is 4. The minimum atomic E-state index is 0.128. The Balaban J connectivity index is 1.43. The molecule has 0 bridgehead atoms. The van der Waals surface area contributed by atoms with Crippen LogP contribution >= 0.6 is 23.2 Å². The van der Waals surface area contributed by atoms with Crippen LogP contribution in [0.3, 0.4) is 0 Å². The van der Waals surface area contributed by atoms with E-state index in [1.165, 1.54) is 5.56 Å². The van der Waals surface area contributed by atoms with E-state index in [4.69, 9.17) is 23.2 Å². The number of carbonyl (C=O) groups excluding carboxylic acids is 1. The van der Waals surface area contributed by atoms with Crippen molar-refractivity contribution in [1.82, 2.24) is 19.6 Å². The maximum absolute atomic E-state index is 12.2. The van der Waals surface area contributed by atoms with Gasteiger partial charge in [0.15, 0.2) is 0 Å². The standard InChI is InChI=1S/C17H20Cl2N4O/c18-15-3-2-14(12-16(15)19)4-7-21-8-10-22(11-9-21)17(24)13-23-6-1-5-20-23/h1-3,5-6,12H,4,7-11,13H2. The van der Waals surface area contributed by atoms with Crippen LogP contribution in [-0.4, -0.2) is 58.2 Å². The minimum absolute atomic E-state index is 0.128. The number of halogens is 2. The average Bonchev–Trinajstić information content (AvgIpc) is 3.09. The van der Waals surface area contributed by atoms with Crippen LogP contribution < -0.4 is 0 Å². The van der Waals surface area contributed by atoms with Crippen LogP contribution in [-0.2, 0) is 17.8 Å². The molecular formula is C17H20Cl2N4O. The first-order chi connectivity index (χ1) is 11.6. The van der Waals surface area contributed by atoms with Gasteiger partial charge in [-0.15, -0.1) is 0 Å². The van der Waals surface area contributed by atoms with E-state index in [1.807, 2.05) is 35.4 Å². The number of aromatic nitrogens is 2. The zero-order valence-corrected chi connectivity index (χ0v) is 14.9. The SMILES string of the molecule is O=C(Cn1cccn1)N1CCN(CCc2ccc(Cl)c(Cl)c2)CC1. The van der Waals surface area contributed by atoms with Gasteiger partial charge in [-0.2, -0.15) is 5.10 Å². The van der Waals surface area contributed by atoms with Crippen LogP contribution in [0.1, 0.15) is 5.56 Å². The van der Waals surface area contributed by atoms with Crippen LogP contribution in [0.2, 0.25) is 10.0 Å². The fraction of sp³-hybridized carbons (Fsp3) is 0.412. The van der Waals surface area contributed by atoms with Gasteiger partial charge in [0.25, 0.3) is 0 Å². The fourth-order valence-electron chi connectivity index (χ4n) is 2.84. The summed E-state index contributed by atoms with van der Waals surface area (Å²) in [6.45, 7) is 4.59. The lowest BCUT2D eigenvalue weighted by Gasteiger charge is -2.34. The van der Waals surface area contributed by atoms with Crippen molar-refractivity contribution in [2.45, 2.75) is 13.0 Å². The van der Waals surface area contributed by atoms with Gasteiger partial charge in [0.2, 0.25) is 5.91 Å². The second-order valence-corrected chi connectivity index (χ2v) is 6.74. The molecule has 2 heterocycles. The third-order valence-corrected chi connectivity index (χ3v) is 5.02. The summed E-state index contributed by atoms with van der Waals surface area (Å²) < 4.78 is 1.67. The Kier molecular flexibility index (Phi) is 5.76. The lowest BCUT2D eigenvalue weighted by Crippen LogP contribution is -2.49. The summed E-state index contributed by atoms with van der Waals surface area (Å²) >= 11 is 12.0. The second kappa shape index (κ2) is 8.01. The predicted octanol–water partition coefficient (Wildman–Crippen LogP) is 2.58. The van der Waals surface area contributed by atoms with Crippen molar-refractivity contribution in [3.8, 4) is 0 Å². The number of hydrogen-bond donors (Lipinski definition) is 0. The van der Waals surface area contributed by atoms with E-state index in [9.17, 15) is 4.79 Å². The Hall–Kier alpha value is -1.56. The number of hydrogen-bond acceptors (Lipinski definition) is 3. The highest BCUT2D eigenvalue weighted by Crippen LogP contribution is 2.22. The molecule has 1 aromatic carbocycles. The van der Waals surface area contributed by atoms with Gasteiger partial charge < -0.3 is 4.90 Å². The van der Waals surface area contributed by atoms with Gasteiger partial charge in [0.05, 0.1) is 10.0 Å². The van der Waals surface area contributed by atoms with E-state index in [0.717, 1.165) is 39.1 Å². The maximum Gasteiger partial charge on any atom is 0.244 e. The second-order valence-electron chi connectivity index (χ2n) is 5.92. The topological polar surface area (TPSA) is 41.4 Å². The van der Waals surface area contributed by atoms with Crippen molar-refractivity contribution in [3.63, 3.8) is 0 Å². The van der Waals surface area contributed by atoms with Gasteiger partial charge in [-0.1, -0.05) is 29.3 Å². The summed E-state index contributed by atoms with van der Waals surface area (Å²) in [6.07, 6.45) is 4.43. The largest absolute Gasteiger partial charge is 0.339 e. The quantitative estimate of drug-likeness (QED) is 0.816. The summed E-state index contributed by atoms with van der Waals surface area (Å²) in [5.74, 6) is 0.128. The Morgan fingerprint density at radius 2 is 1.92 bits per heavy atom. The van der Waals surface area contributed by atoms with Gasteiger partial charge in [-0.25, -0.2) is 0 Å². The van der Waals surface area contributed by atoms with Crippen molar-refractivity contribution in [2.75, 3.05) is 32.7 Å². The molecule has 5 nitrogen and oxygen atoms in total. The Morgan fingerprint density at radius 1 is 1.12 bits per heavy atom. The Labute approximate surface area is 151 Å². The smallest absolute Gasteiger partial charge is 0.244 e. The summed E-state index contributed by atoms with van der Waals surface area (Å²) in [5, 5.41) is 5.27. The molecule has 0 aliphatic carbocycles. The first kappa shape index (κ1) is 17.3. The summed E-state index contributed by atoms with van der Waals surface area (Å²) in [6, 6.07) is 7.60.